The van der Waals surface area contributed by atoms with Gasteiger partial charge in [-0.3, -0.25) is 4.79 Å². The maximum Gasteiger partial charge on any atom is 0.378 e. The number of carbonyl (C=O) groups is 1. The highest BCUT2D eigenvalue weighted by atomic mass is 19.2. The molecule has 2 aromatic rings. The molecule has 106 valence electrons. The van der Waals surface area contributed by atoms with Crippen LogP contribution < -0.4 is 10.2 Å². The Kier molecular flexibility index (Phi) is 2.96. The third-order valence-corrected chi connectivity index (χ3v) is 3.44. The maximum absolute atomic E-state index is 13.8. The largest absolute Gasteiger partial charge is 0.540 e. The number of ether oxygens (including phenoxy) is 1. The Morgan fingerprint density at radius 2 is 2.24 bits per heavy atom. The number of halogens is 2. The van der Waals surface area contributed by atoms with Gasteiger partial charge in [-0.25, -0.2) is 9.18 Å². The van der Waals surface area contributed by atoms with Crippen molar-refractivity contribution in [2.75, 3.05) is 6.61 Å². The van der Waals surface area contributed by atoms with Crippen LogP contribution in [-0.2, 0) is 4.65 Å². The van der Waals surface area contributed by atoms with E-state index in [-0.39, 0.29) is 34.9 Å². The minimum Gasteiger partial charge on any atom is -0.540 e. The molecular weight excluding hydrogens is 283 g/mol. The molecule has 0 fully saturated rings. The van der Waals surface area contributed by atoms with E-state index in [1.165, 1.54) is 10.8 Å². The predicted octanol–water partition coefficient (Wildman–Crippen LogP) is 1.47. The monoisotopic (exact) mass is 291 g/mol. The van der Waals surface area contributed by atoms with Crippen LogP contribution >= 0.6 is 0 Å². The number of hydrogen-bond acceptors (Lipinski definition) is 4. The molecule has 0 unspecified atom stereocenters. The van der Waals surface area contributed by atoms with Gasteiger partial charge in [0.05, 0.1) is 16.9 Å². The number of aromatic nitrogens is 1. The summed E-state index contributed by atoms with van der Waals surface area (Å²) in [4.78, 5) is 23.8. The minimum absolute atomic E-state index is 0.0719. The fourth-order valence-corrected chi connectivity index (χ4v) is 2.40. The van der Waals surface area contributed by atoms with Crippen LogP contribution in [-0.4, -0.2) is 25.2 Å². The summed E-state index contributed by atoms with van der Waals surface area (Å²) in [7, 11) is 4.78. The van der Waals surface area contributed by atoms with Crippen molar-refractivity contribution in [1.82, 2.24) is 4.57 Å². The standard InChI is InChI=1S/C13H8BF2NO4/c1-5-4-20-12-9(16)8(15)2-6-10(12)17(5)3-7(11(6)18)13(19)21-14/h2-3,5H,4H2,1H3/t5-/m0/s1. The van der Waals surface area contributed by atoms with E-state index < -0.39 is 23.0 Å². The lowest BCUT2D eigenvalue weighted by Crippen LogP contribution is -2.27. The molecule has 1 aromatic carbocycles. The van der Waals surface area contributed by atoms with Crippen LogP contribution in [0.3, 0.4) is 0 Å². The molecule has 21 heavy (non-hydrogen) atoms. The first-order chi connectivity index (χ1) is 9.95. The molecule has 1 atom stereocenters. The molecule has 3 rings (SSSR count). The molecule has 0 bridgehead atoms. The molecule has 2 heterocycles. The van der Waals surface area contributed by atoms with Crippen molar-refractivity contribution in [3.8, 4) is 5.75 Å². The molecule has 0 saturated heterocycles. The van der Waals surface area contributed by atoms with E-state index in [0.29, 0.717) is 0 Å². The third-order valence-electron chi connectivity index (χ3n) is 3.44. The summed E-state index contributed by atoms with van der Waals surface area (Å²) in [6.45, 7) is 1.81. The molecule has 0 amide bonds. The highest BCUT2D eigenvalue weighted by Gasteiger charge is 2.28. The highest BCUT2D eigenvalue weighted by Crippen LogP contribution is 2.35. The second-order valence-corrected chi connectivity index (χ2v) is 4.74. The second-order valence-electron chi connectivity index (χ2n) is 4.74. The number of pyridine rings is 1. The predicted molar refractivity (Wildman–Crippen MR) is 69.5 cm³/mol. The zero-order valence-electron chi connectivity index (χ0n) is 10.9. The van der Waals surface area contributed by atoms with Crippen LogP contribution in [0.2, 0.25) is 0 Å². The molecule has 2 radical (unpaired) electrons. The van der Waals surface area contributed by atoms with Crippen LogP contribution in [0, 0.1) is 11.6 Å². The summed E-state index contributed by atoms with van der Waals surface area (Å²) < 4.78 is 38.1. The van der Waals surface area contributed by atoms with Crippen molar-refractivity contribution < 1.29 is 23.0 Å². The smallest absolute Gasteiger partial charge is 0.378 e. The first-order valence-electron chi connectivity index (χ1n) is 6.06. The Bertz CT molecular complexity index is 833. The van der Waals surface area contributed by atoms with Gasteiger partial charge in [-0.2, -0.15) is 4.39 Å². The molecule has 0 N–H and O–H groups in total. The zero-order chi connectivity index (χ0) is 15.3. The van der Waals surface area contributed by atoms with Gasteiger partial charge in [0.1, 0.15) is 12.2 Å². The maximum atomic E-state index is 13.8. The quantitative estimate of drug-likeness (QED) is 0.747. The van der Waals surface area contributed by atoms with E-state index in [9.17, 15) is 18.4 Å². The third kappa shape index (κ3) is 1.82. The van der Waals surface area contributed by atoms with E-state index in [2.05, 4.69) is 4.65 Å². The van der Waals surface area contributed by atoms with E-state index >= 15 is 0 Å². The summed E-state index contributed by atoms with van der Waals surface area (Å²) in [5.74, 6) is -3.78. The normalized spacial score (nSPS) is 16.6. The van der Waals surface area contributed by atoms with Crippen LogP contribution in [0.4, 0.5) is 8.78 Å². The molecular formula is C13H8BF2NO4. The topological polar surface area (TPSA) is 57.5 Å². The van der Waals surface area contributed by atoms with Gasteiger partial charge in [-0.1, -0.05) is 0 Å². The molecule has 8 heteroatoms. The molecule has 0 aliphatic carbocycles. The van der Waals surface area contributed by atoms with Crippen molar-refractivity contribution in [2.45, 2.75) is 13.0 Å². The van der Waals surface area contributed by atoms with Gasteiger partial charge in [0.25, 0.3) is 0 Å². The Labute approximate surface area is 118 Å². The van der Waals surface area contributed by atoms with Crippen LogP contribution in [0.25, 0.3) is 10.9 Å². The number of carbonyl (C=O) groups excluding carboxylic acids is 1. The van der Waals surface area contributed by atoms with Crippen molar-refractivity contribution >= 4 is 24.9 Å². The Morgan fingerprint density at radius 3 is 2.90 bits per heavy atom. The summed E-state index contributed by atoms with van der Waals surface area (Å²) in [6, 6.07) is 0.455. The lowest BCUT2D eigenvalue weighted by atomic mass is 10.1. The van der Waals surface area contributed by atoms with Gasteiger partial charge in [-0.05, 0) is 13.0 Å². The summed E-state index contributed by atoms with van der Waals surface area (Å²) in [5, 5.41) is -0.168. The zero-order valence-corrected chi connectivity index (χ0v) is 10.9. The number of nitrogens with zero attached hydrogens (tertiary/aromatic N) is 1. The van der Waals surface area contributed by atoms with Gasteiger partial charge in [0, 0.05) is 6.20 Å². The van der Waals surface area contributed by atoms with Gasteiger partial charge in [0.2, 0.25) is 11.2 Å². The van der Waals surface area contributed by atoms with Gasteiger partial charge in [-0.15, -0.1) is 0 Å². The fraction of sp³-hybridized carbons (Fsp3) is 0.231. The SMILES string of the molecule is [B]OC(=O)c1cn2c3c(c(F)c(F)cc3c1=O)OC[C@@H]2C. The lowest BCUT2D eigenvalue weighted by molar-refractivity contribution is 0.0747. The van der Waals surface area contributed by atoms with Crippen molar-refractivity contribution in [3.63, 3.8) is 0 Å². The molecule has 0 saturated carbocycles. The van der Waals surface area contributed by atoms with Gasteiger partial charge in [0.15, 0.2) is 11.6 Å². The van der Waals surface area contributed by atoms with E-state index in [0.717, 1.165) is 6.07 Å². The van der Waals surface area contributed by atoms with E-state index in [4.69, 9.17) is 12.8 Å². The van der Waals surface area contributed by atoms with Crippen molar-refractivity contribution in [1.29, 1.82) is 0 Å². The van der Waals surface area contributed by atoms with E-state index in [1.54, 1.807) is 6.92 Å². The highest BCUT2D eigenvalue weighted by molar-refractivity contribution is 6.10. The molecule has 1 aromatic heterocycles. The number of benzene rings is 1. The number of hydrogen-bond donors (Lipinski definition) is 0. The second kappa shape index (κ2) is 4.58. The van der Waals surface area contributed by atoms with Crippen LogP contribution in [0.1, 0.15) is 23.3 Å². The molecule has 1 aliphatic rings. The van der Waals surface area contributed by atoms with Crippen molar-refractivity contribution in [3.05, 3.63) is 39.7 Å². The van der Waals surface area contributed by atoms with E-state index in [1.807, 2.05) is 0 Å². The number of rotatable bonds is 1. The summed E-state index contributed by atoms with van der Waals surface area (Å²) in [6.07, 6.45) is 1.22. The first-order valence-corrected chi connectivity index (χ1v) is 6.06. The Morgan fingerprint density at radius 1 is 1.52 bits per heavy atom. The van der Waals surface area contributed by atoms with Gasteiger partial charge >= 0.3 is 14.0 Å². The molecule has 5 nitrogen and oxygen atoms in total. The molecule has 1 aliphatic heterocycles. The van der Waals surface area contributed by atoms with Crippen LogP contribution in [0.5, 0.6) is 5.75 Å². The Hall–Kier alpha value is -2.38. The summed E-state index contributed by atoms with van der Waals surface area (Å²) >= 11 is 0. The fourth-order valence-electron chi connectivity index (χ4n) is 2.40. The minimum atomic E-state index is -1.23. The average Bonchev–Trinajstić information content (AvgIpc) is 2.47. The van der Waals surface area contributed by atoms with Crippen LogP contribution in [0.15, 0.2) is 17.1 Å². The first kappa shape index (κ1) is 13.6. The summed E-state index contributed by atoms with van der Waals surface area (Å²) in [5.41, 5.74) is -1.04. The molecule has 0 spiro atoms. The average molecular weight is 291 g/mol. The van der Waals surface area contributed by atoms with Crippen molar-refractivity contribution in [2.24, 2.45) is 0 Å². The lowest BCUT2D eigenvalue weighted by Gasteiger charge is -2.27. The van der Waals surface area contributed by atoms with Gasteiger partial charge < -0.3 is 14.0 Å². The Balaban J connectivity index is 2.51.